The standard InChI is InChI=1S/C20H19NO5/c1-12(13-6-7-16-17(10-13)25-9-8-24-16)21-19(22)18-11-14-4-2-3-5-15(14)20(23)26-18/h2-7,10,12,18H,8-9,11H2,1H3,(H,21,22)/t12-,18-/m0/s1. The molecule has 0 radical (unpaired) electrons. The Kier molecular flexibility index (Phi) is 4.24. The van der Waals surface area contributed by atoms with Gasteiger partial charge in [0.25, 0.3) is 5.91 Å². The van der Waals surface area contributed by atoms with E-state index in [9.17, 15) is 9.59 Å². The molecule has 0 bridgehead atoms. The lowest BCUT2D eigenvalue weighted by Gasteiger charge is -2.26. The Morgan fingerprint density at radius 1 is 1.12 bits per heavy atom. The van der Waals surface area contributed by atoms with Gasteiger partial charge >= 0.3 is 5.97 Å². The highest BCUT2D eigenvalue weighted by Crippen LogP contribution is 2.32. The van der Waals surface area contributed by atoms with E-state index in [0.29, 0.717) is 36.7 Å². The van der Waals surface area contributed by atoms with Crippen LogP contribution in [0.2, 0.25) is 0 Å². The zero-order valence-electron chi connectivity index (χ0n) is 14.4. The summed E-state index contributed by atoms with van der Waals surface area (Å²) in [6.45, 7) is 2.92. The van der Waals surface area contributed by atoms with E-state index in [0.717, 1.165) is 11.1 Å². The third-order valence-corrected chi connectivity index (χ3v) is 4.61. The van der Waals surface area contributed by atoms with Crippen LogP contribution in [0.1, 0.15) is 34.5 Å². The van der Waals surface area contributed by atoms with Crippen molar-refractivity contribution in [1.29, 1.82) is 0 Å². The number of esters is 1. The first kappa shape index (κ1) is 16.4. The van der Waals surface area contributed by atoms with E-state index in [2.05, 4.69) is 5.32 Å². The molecule has 0 spiro atoms. The summed E-state index contributed by atoms with van der Waals surface area (Å²) in [7, 11) is 0. The maximum atomic E-state index is 12.6. The van der Waals surface area contributed by atoms with E-state index in [4.69, 9.17) is 14.2 Å². The van der Waals surface area contributed by atoms with Gasteiger partial charge in [0.15, 0.2) is 17.6 Å². The number of fused-ring (bicyclic) bond motifs is 2. The largest absolute Gasteiger partial charge is 0.486 e. The molecule has 0 fully saturated rings. The van der Waals surface area contributed by atoms with E-state index in [-0.39, 0.29) is 11.9 Å². The average molecular weight is 353 g/mol. The van der Waals surface area contributed by atoms with Crippen LogP contribution in [-0.2, 0) is 16.0 Å². The number of carbonyl (C=O) groups is 2. The Balaban J connectivity index is 1.46. The Morgan fingerprint density at radius 2 is 1.88 bits per heavy atom. The lowest BCUT2D eigenvalue weighted by Crippen LogP contribution is -2.42. The average Bonchev–Trinajstić information content (AvgIpc) is 2.67. The molecule has 6 heteroatoms. The molecular formula is C20H19NO5. The van der Waals surface area contributed by atoms with Crippen molar-refractivity contribution in [3.05, 3.63) is 59.2 Å². The molecule has 0 aromatic heterocycles. The minimum atomic E-state index is -0.822. The third-order valence-electron chi connectivity index (χ3n) is 4.61. The highest BCUT2D eigenvalue weighted by molar-refractivity contribution is 5.95. The molecule has 6 nitrogen and oxygen atoms in total. The molecule has 26 heavy (non-hydrogen) atoms. The van der Waals surface area contributed by atoms with Crippen LogP contribution in [0.3, 0.4) is 0 Å². The van der Waals surface area contributed by atoms with Gasteiger partial charge in [-0.3, -0.25) is 4.79 Å². The number of ether oxygens (including phenoxy) is 3. The fraction of sp³-hybridized carbons (Fsp3) is 0.300. The first-order valence-electron chi connectivity index (χ1n) is 8.60. The van der Waals surface area contributed by atoms with Gasteiger partial charge in [0.2, 0.25) is 0 Å². The molecular weight excluding hydrogens is 334 g/mol. The third kappa shape index (κ3) is 3.10. The maximum Gasteiger partial charge on any atom is 0.339 e. The molecule has 2 aliphatic rings. The van der Waals surface area contributed by atoms with Gasteiger partial charge in [-0.1, -0.05) is 24.3 Å². The van der Waals surface area contributed by atoms with E-state index in [1.165, 1.54) is 0 Å². The number of nitrogens with one attached hydrogen (secondary N) is 1. The number of rotatable bonds is 3. The summed E-state index contributed by atoms with van der Waals surface area (Å²) < 4.78 is 16.4. The summed E-state index contributed by atoms with van der Waals surface area (Å²) in [4.78, 5) is 24.7. The fourth-order valence-electron chi connectivity index (χ4n) is 3.20. The van der Waals surface area contributed by atoms with Crippen LogP contribution in [-0.4, -0.2) is 31.2 Å². The zero-order chi connectivity index (χ0) is 18.1. The molecule has 2 aliphatic heterocycles. The van der Waals surface area contributed by atoms with Crippen LogP contribution in [0.15, 0.2) is 42.5 Å². The van der Waals surface area contributed by atoms with Crippen molar-refractivity contribution in [3.8, 4) is 11.5 Å². The van der Waals surface area contributed by atoms with Crippen molar-refractivity contribution in [2.24, 2.45) is 0 Å². The molecule has 134 valence electrons. The Bertz CT molecular complexity index is 863. The van der Waals surface area contributed by atoms with E-state index in [1.54, 1.807) is 12.1 Å². The fourth-order valence-corrected chi connectivity index (χ4v) is 3.20. The first-order chi connectivity index (χ1) is 12.6. The number of benzene rings is 2. The van der Waals surface area contributed by atoms with E-state index < -0.39 is 12.1 Å². The van der Waals surface area contributed by atoms with Crippen LogP contribution in [0, 0.1) is 0 Å². The van der Waals surface area contributed by atoms with Crippen molar-refractivity contribution in [2.45, 2.75) is 25.5 Å². The highest BCUT2D eigenvalue weighted by atomic mass is 16.6. The van der Waals surface area contributed by atoms with E-state index >= 15 is 0 Å². The summed E-state index contributed by atoms with van der Waals surface area (Å²) in [5.74, 6) is 0.610. The monoisotopic (exact) mass is 353 g/mol. The van der Waals surface area contributed by atoms with Gasteiger partial charge in [-0.05, 0) is 36.2 Å². The van der Waals surface area contributed by atoms with Gasteiger partial charge in [0.05, 0.1) is 11.6 Å². The highest BCUT2D eigenvalue weighted by Gasteiger charge is 2.31. The molecule has 0 saturated heterocycles. The second-order valence-electron chi connectivity index (χ2n) is 6.39. The molecule has 2 heterocycles. The molecule has 0 aliphatic carbocycles. The van der Waals surface area contributed by atoms with Gasteiger partial charge in [-0.25, -0.2) is 4.79 Å². The minimum absolute atomic E-state index is 0.255. The minimum Gasteiger partial charge on any atom is -0.486 e. The normalized spacial score (nSPS) is 19.1. The van der Waals surface area contributed by atoms with Crippen LogP contribution in [0.4, 0.5) is 0 Å². The quantitative estimate of drug-likeness (QED) is 0.858. The first-order valence-corrected chi connectivity index (χ1v) is 8.60. The second kappa shape index (κ2) is 6.71. The lowest BCUT2D eigenvalue weighted by molar-refractivity contribution is -0.131. The van der Waals surface area contributed by atoms with Gasteiger partial charge in [0, 0.05) is 6.42 Å². The molecule has 1 N–H and O–H groups in total. The van der Waals surface area contributed by atoms with Crippen LogP contribution in [0.25, 0.3) is 0 Å². The summed E-state index contributed by atoms with van der Waals surface area (Å²) in [6.07, 6.45) is -0.446. The lowest BCUT2D eigenvalue weighted by atomic mass is 9.98. The van der Waals surface area contributed by atoms with Gasteiger partial charge < -0.3 is 19.5 Å². The molecule has 2 aromatic carbocycles. The summed E-state index contributed by atoms with van der Waals surface area (Å²) in [5, 5.41) is 2.91. The maximum absolute atomic E-state index is 12.6. The van der Waals surface area contributed by atoms with Gasteiger partial charge in [-0.2, -0.15) is 0 Å². The summed E-state index contributed by atoms with van der Waals surface area (Å²) in [5.41, 5.74) is 2.25. The Hall–Kier alpha value is -3.02. The number of cyclic esters (lactones) is 1. The molecule has 2 aromatic rings. The second-order valence-corrected chi connectivity index (χ2v) is 6.39. The predicted molar refractivity (Wildman–Crippen MR) is 93.3 cm³/mol. The molecule has 0 unspecified atom stereocenters. The van der Waals surface area contributed by atoms with Gasteiger partial charge in [0.1, 0.15) is 13.2 Å². The Labute approximate surface area is 151 Å². The van der Waals surface area contributed by atoms with Crippen LogP contribution in [0.5, 0.6) is 11.5 Å². The van der Waals surface area contributed by atoms with Crippen molar-refractivity contribution in [2.75, 3.05) is 13.2 Å². The predicted octanol–water partition coefficient (Wildman–Crippen LogP) is 2.42. The number of hydrogen-bond acceptors (Lipinski definition) is 5. The number of hydrogen-bond donors (Lipinski definition) is 1. The summed E-state index contributed by atoms with van der Waals surface area (Å²) in [6, 6.07) is 12.5. The SMILES string of the molecule is C[C@H](NC(=O)[C@@H]1Cc2ccccc2C(=O)O1)c1ccc2c(c1)OCCO2. The van der Waals surface area contributed by atoms with Crippen molar-refractivity contribution >= 4 is 11.9 Å². The molecule has 0 saturated carbocycles. The topological polar surface area (TPSA) is 73.9 Å². The summed E-state index contributed by atoms with van der Waals surface area (Å²) >= 11 is 0. The van der Waals surface area contributed by atoms with Crippen LogP contribution < -0.4 is 14.8 Å². The Morgan fingerprint density at radius 3 is 2.73 bits per heavy atom. The van der Waals surface area contributed by atoms with Gasteiger partial charge in [-0.15, -0.1) is 0 Å². The number of amides is 1. The van der Waals surface area contributed by atoms with Crippen molar-refractivity contribution < 1.29 is 23.8 Å². The molecule has 2 atom stereocenters. The number of carbonyl (C=O) groups excluding carboxylic acids is 2. The van der Waals surface area contributed by atoms with Crippen molar-refractivity contribution in [1.82, 2.24) is 5.32 Å². The molecule has 4 rings (SSSR count). The van der Waals surface area contributed by atoms with E-state index in [1.807, 2.05) is 37.3 Å². The zero-order valence-corrected chi connectivity index (χ0v) is 14.4. The molecule has 1 amide bonds. The van der Waals surface area contributed by atoms with Crippen molar-refractivity contribution in [3.63, 3.8) is 0 Å². The smallest absolute Gasteiger partial charge is 0.339 e. The van der Waals surface area contributed by atoms with Crippen LogP contribution >= 0.6 is 0 Å².